The topological polar surface area (TPSA) is 61.1 Å². The number of imidazole rings is 2. The third-order valence-corrected chi connectivity index (χ3v) is 3.83. The van der Waals surface area contributed by atoms with Gasteiger partial charge in [0, 0.05) is 36.4 Å². The Morgan fingerprint density at radius 2 is 2.33 bits per heavy atom. The zero-order chi connectivity index (χ0) is 12.5. The summed E-state index contributed by atoms with van der Waals surface area (Å²) in [5, 5.41) is 2.04. The van der Waals surface area contributed by atoms with Gasteiger partial charge in [-0.05, 0) is 6.42 Å². The Balaban J connectivity index is 2.12. The second kappa shape index (κ2) is 4.55. The molecule has 0 spiro atoms. The van der Waals surface area contributed by atoms with Crippen LogP contribution in [-0.2, 0) is 6.42 Å². The molecule has 0 aliphatic rings. The number of hydrogen-bond donors (Lipinski definition) is 1. The SMILES string of the molecule is CCC(N)Cc1c(-n2ccnc2)nc2sccn12. The van der Waals surface area contributed by atoms with Gasteiger partial charge in [-0.15, -0.1) is 11.3 Å². The lowest BCUT2D eigenvalue weighted by molar-refractivity contribution is 0.632. The Morgan fingerprint density at radius 1 is 1.44 bits per heavy atom. The molecule has 0 aromatic carbocycles. The van der Waals surface area contributed by atoms with E-state index in [9.17, 15) is 0 Å². The molecule has 6 heteroatoms. The van der Waals surface area contributed by atoms with Crippen LogP contribution in [0.25, 0.3) is 10.8 Å². The lowest BCUT2D eigenvalue weighted by Crippen LogP contribution is -2.22. The number of thiazole rings is 1. The third kappa shape index (κ3) is 1.83. The van der Waals surface area contributed by atoms with E-state index in [1.807, 2.05) is 22.3 Å². The van der Waals surface area contributed by atoms with Crippen molar-refractivity contribution >= 4 is 16.3 Å². The minimum absolute atomic E-state index is 0.159. The summed E-state index contributed by atoms with van der Waals surface area (Å²) < 4.78 is 4.06. The van der Waals surface area contributed by atoms with Crippen LogP contribution < -0.4 is 5.73 Å². The fraction of sp³-hybridized carbons (Fsp3) is 0.333. The second-order valence-corrected chi connectivity index (χ2v) is 5.15. The quantitative estimate of drug-likeness (QED) is 0.779. The van der Waals surface area contributed by atoms with Crippen LogP contribution >= 0.6 is 11.3 Å². The maximum Gasteiger partial charge on any atom is 0.195 e. The molecule has 3 heterocycles. The summed E-state index contributed by atoms with van der Waals surface area (Å²) in [6.07, 6.45) is 9.27. The summed E-state index contributed by atoms with van der Waals surface area (Å²) in [5.41, 5.74) is 7.24. The molecule has 0 fully saturated rings. The third-order valence-electron chi connectivity index (χ3n) is 3.07. The molecule has 0 saturated carbocycles. The van der Waals surface area contributed by atoms with Gasteiger partial charge in [-0.3, -0.25) is 8.97 Å². The molecule has 5 nitrogen and oxygen atoms in total. The summed E-state index contributed by atoms with van der Waals surface area (Å²) in [6, 6.07) is 0.159. The van der Waals surface area contributed by atoms with Crippen LogP contribution in [0.15, 0.2) is 30.3 Å². The Bertz CT molecular complexity index is 637. The van der Waals surface area contributed by atoms with Crippen molar-refractivity contribution in [1.29, 1.82) is 0 Å². The summed E-state index contributed by atoms with van der Waals surface area (Å²) >= 11 is 1.63. The van der Waals surface area contributed by atoms with Gasteiger partial charge in [0.1, 0.15) is 6.33 Å². The highest BCUT2D eigenvalue weighted by Gasteiger charge is 2.16. The highest BCUT2D eigenvalue weighted by molar-refractivity contribution is 7.15. The Kier molecular flexibility index (Phi) is 2.89. The molecule has 0 aliphatic heterocycles. The molecule has 0 amide bonds. The number of nitrogens with zero attached hydrogens (tertiary/aromatic N) is 4. The second-order valence-electron chi connectivity index (χ2n) is 4.28. The fourth-order valence-electron chi connectivity index (χ4n) is 1.99. The molecule has 94 valence electrons. The molecule has 0 radical (unpaired) electrons. The number of rotatable bonds is 4. The normalized spacial score (nSPS) is 13.2. The van der Waals surface area contributed by atoms with Crippen LogP contribution in [0.5, 0.6) is 0 Å². The van der Waals surface area contributed by atoms with E-state index in [0.717, 1.165) is 29.3 Å². The van der Waals surface area contributed by atoms with Crippen LogP contribution in [0.4, 0.5) is 0 Å². The minimum Gasteiger partial charge on any atom is -0.327 e. The first-order chi connectivity index (χ1) is 8.79. The van der Waals surface area contributed by atoms with E-state index in [2.05, 4.69) is 21.3 Å². The van der Waals surface area contributed by atoms with Crippen molar-refractivity contribution in [3.05, 3.63) is 36.0 Å². The number of fused-ring (bicyclic) bond motifs is 1. The van der Waals surface area contributed by atoms with Crippen molar-refractivity contribution in [3.8, 4) is 5.82 Å². The smallest absolute Gasteiger partial charge is 0.195 e. The van der Waals surface area contributed by atoms with Gasteiger partial charge in [0.25, 0.3) is 0 Å². The van der Waals surface area contributed by atoms with Crippen molar-refractivity contribution in [2.45, 2.75) is 25.8 Å². The summed E-state index contributed by atoms with van der Waals surface area (Å²) in [4.78, 5) is 9.73. The van der Waals surface area contributed by atoms with Crippen molar-refractivity contribution in [2.75, 3.05) is 0 Å². The molecule has 0 bridgehead atoms. The van der Waals surface area contributed by atoms with E-state index in [0.29, 0.717) is 0 Å². The van der Waals surface area contributed by atoms with E-state index in [4.69, 9.17) is 5.73 Å². The molecule has 3 rings (SSSR count). The standard InChI is InChI=1S/C12H15N5S/c1-2-9(13)7-10-11(16-4-3-14-8-16)15-12-17(10)5-6-18-12/h3-6,8-9H,2,7,13H2,1H3. The first-order valence-corrected chi connectivity index (χ1v) is 6.86. The highest BCUT2D eigenvalue weighted by atomic mass is 32.1. The van der Waals surface area contributed by atoms with E-state index in [1.165, 1.54) is 0 Å². The van der Waals surface area contributed by atoms with Crippen LogP contribution in [-0.4, -0.2) is 25.0 Å². The van der Waals surface area contributed by atoms with Crippen molar-refractivity contribution in [3.63, 3.8) is 0 Å². The van der Waals surface area contributed by atoms with Gasteiger partial charge in [-0.25, -0.2) is 9.97 Å². The van der Waals surface area contributed by atoms with Gasteiger partial charge >= 0.3 is 0 Å². The van der Waals surface area contributed by atoms with Gasteiger partial charge in [-0.1, -0.05) is 6.92 Å². The monoisotopic (exact) mass is 261 g/mol. The predicted octanol–water partition coefficient (Wildman–Crippen LogP) is 1.86. The lowest BCUT2D eigenvalue weighted by Gasteiger charge is -2.09. The first kappa shape index (κ1) is 11.4. The average Bonchev–Trinajstić information content (AvgIpc) is 3.05. The number of aromatic nitrogens is 4. The summed E-state index contributed by atoms with van der Waals surface area (Å²) in [5.74, 6) is 0.934. The molecule has 3 aromatic rings. The van der Waals surface area contributed by atoms with Crippen LogP contribution in [0.1, 0.15) is 19.0 Å². The van der Waals surface area contributed by atoms with Crippen LogP contribution in [0.2, 0.25) is 0 Å². The van der Waals surface area contributed by atoms with Gasteiger partial charge in [0.2, 0.25) is 0 Å². The molecule has 18 heavy (non-hydrogen) atoms. The zero-order valence-corrected chi connectivity index (χ0v) is 11.0. The average molecular weight is 261 g/mol. The van der Waals surface area contributed by atoms with Gasteiger partial charge in [0.15, 0.2) is 10.8 Å². The van der Waals surface area contributed by atoms with Gasteiger partial charge in [-0.2, -0.15) is 0 Å². The van der Waals surface area contributed by atoms with Gasteiger partial charge < -0.3 is 5.73 Å². The van der Waals surface area contributed by atoms with Crippen molar-refractivity contribution < 1.29 is 0 Å². The van der Waals surface area contributed by atoms with E-state index >= 15 is 0 Å². The molecular formula is C12H15N5S. The van der Waals surface area contributed by atoms with Crippen LogP contribution in [0, 0.1) is 0 Å². The lowest BCUT2D eigenvalue weighted by atomic mass is 10.1. The maximum atomic E-state index is 6.08. The van der Waals surface area contributed by atoms with E-state index in [-0.39, 0.29) is 6.04 Å². The molecule has 1 atom stereocenters. The number of nitrogens with two attached hydrogens (primary N) is 1. The minimum atomic E-state index is 0.159. The Morgan fingerprint density at radius 3 is 3.06 bits per heavy atom. The van der Waals surface area contributed by atoms with Crippen molar-refractivity contribution in [1.82, 2.24) is 18.9 Å². The molecule has 0 saturated heterocycles. The Labute approximate surface area is 109 Å². The maximum absolute atomic E-state index is 6.08. The zero-order valence-electron chi connectivity index (χ0n) is 10.2. The number of hydrogen-bond acceptors (Lipinski definition) is 4. The fourth-order valence-corrected chi connectivity index (χ4v) is 2.72. The van der Waals surface area contributed by atoms with Crippen LogP contribution in [0.3, 0.4) is 0 Å². The molecule has 1 unspecified atom stereocenters. The summed E-state index contributed by atoms with van der Waals surface area (Å²) in [7, 11) is 0. The molecule has 2 N–H and O–H groups in total. The van der Waals surface area contributed by atoms with Gasteiger partial charge in [0.05, 0.1) is 5.69 Å². The summed E-state index contributed by atoms with van der Waals surface area (Å²) in [6.45, 7) is 2.10. The Hall–Kier alpha value is -1.66. The van der Waals surface area contributed by atoms with Crippen molar-refractivity contribution in [2.24, 2.45) is 5.73 Å². The highest BCUT2D eigenvalue weighted by Crippen LogP contribution is 2.21. The van der Waals surface area contributed by atoms with E-state index in [1.54, 1.807) is 23.9 Å². The molecular weight excluding hydrogens is 246 g/mol. The molecule has 0 aliphatic carbocycles. The van der Waals surface area contributed by atoms with E-state index < -0.39 is 0 Å². The molecule has 3 aromatic heterocycles. The first-order valence-electron chi connectivity index (χ1n) is 5.98. The largest absolute Gasteiger partial charge is 0.327 e. The predicted molar refractivity (Wildman–Crippen MR) is 72.2 cm³/mol.